The molecule has 0 atom stereocenters. The molecule has 2 amide bonds. The van der Waals surface area contributed by atoms with E-state index in [4.69, 9.17) is 0 Å². The Balaban J connectivity index is 1.68. The Morgan fingerprint density at radius 2 is 1.69 bits per heavy atom. The molecular weight excluding hydrogens is 330 g/mol. The molecule has 0 aromatic heterocycles. The zero-order valence-electron chi connectivity index (χ0n) is 14.1. The maximum atomic E-state index is 11.9. The highest BCUT2D eigenvalue weighted by molar-refractivity contribution is 6.39. The molecule has 6 heteroatoms. The fraction of sp³-hybridized carbons (Fsp3) is 0.0500. The van der Waals surface area contributed by atoms with E-state index < -0.39 is 11.8 Å². The average Bonchev–Trinajstić information content (AvgIpc) is 2.65. The molecule has 0 saturated carbocycles. The van der Waals surface area contributed by atoms with Gasteiger partial charge in [0.25, 0.3) is 0 Å². The Morgan fingerprint density at radius 3 is 2.46 bits per heavy atom. The lowest BCUT2D eigenvalue weighted by Crippen LogP contribution is -2.32. The van der Waals surface area contributed by atoms with Crippen LogP contribution in [0.5, 0.6) is 5.75 Å². The summed E-state index contributed by atoms with van der Waals surface area (Å²) in [4.78, 5) is 23.7. The normalized spacial score (nSPS) is 10.8. The van der Waals surface area contributed by atoms with E-state index >= 15 is 0 Å². The number of rotatable bonds is 3. The number of phenolic OH excluding ortho intramolecular Hbond substituents is 1. The molecule has 6 nitrogen and oxygen atoms in total. The number of carbonyl (C=O) groups is 2. The summed E-state index contributed by atoms with van der Waals surface area (Å²) in [7, 11) is 0. The molecule has 3 N–H and O–H groups in total. The minimum absolute atomic E-state index is 0.0332. The Morgan fingerprint density at radius 1 is 0.962 bits per heavy atom. The van der Waals surface area contributed by atoms with Gasteiger partial charge in [-0.3, -0.25) is 9.59 Å². The van der Waals surface area contributed by atoms with E-state index in [9.17, 15) is 14.7 Å². The predicted molar refractivity (Wildman–Crippen MR) is 101 cm³/mol. The first-order valence-electron chi connectivity index (χ1n) is 7.96. The second kappa shape index (κ2) is 7.48. The molecule has 0 aliphatic carbocycles. The molecule has 0 fully saturated rings. The third-order valence-corrected chi connectivity index (χ3v) is 3.82. The zero-order chi connectivity index (χ0) is 18.5. The molecule has 0 aliphatic heterocycles. The van der Waals surface area contributed by atoms with Crippen LogP contribution in [0.1, 0.15) is 11.1 Å². The van der Waals surface area contributed by atoms with Crippen LogP contribution in [0.15, 0.2) is 65.8 Å². The third kappa shape index (κ3) is 3.87. The second-order valence-electron chi connectivity index (χ2n) is 5.74. The van der Waals surface area contributed by atoms with E-state index in [2.05, 4.69) is 15.8 Å². The van der Waals surface area contributed by atoms with Gasteiger partial charge in [-0.05, 0) is 35.9 Å². The number of hydrogen-bond acceptors (Lipinski definition) is 4. The van der Waals surface area contributed by atoms with Gasteiger partial charge in [0.05, 0.1) is 6.21 Å². The first-order chi connectivity index (χ1) is 12.5. The third-order valence-electron chi connectivity index (χ3n) is 3.82. The number of nitrogens with one attached hydrogen (secondary N) is 2. The highest BCUT2D eigenvalue weighted by atomic mass is 16.3. The van der Waals surface area contributed by atoms with Crippen LogP contribution in [0.2, 0.25) is 0 Å². The molecule has 3 rings (SSSR count). The molecule has 3 aromatic carbocycles. The van der Waals surface area contributed by atoms with E-state index in [-0.39, 0.29) is 5.75 Å². The number of carbonyl (C=O) groups excluding carboxylic acids is 2. The number of amides is 2. The molecule has 0 saturated heterocycles. The largest absolute Gasteiger partial charge is 0.507 e. The number of nitrogens with zero attached hydrogens (tertiary/aromatic N) is 1. The highest BCUT2D eigenvalue weighted by Crippen LogP contribution is 2.25. The van der Waals surface area contributed by atoms with Crippen molar-refractivity contribution in [2.24, 2.45) is 5.10 Å². The lowest BCUT2D eigenvalue weighted by Gasteiger charge is -2.05. The fourth-order valence-corrected chi connectivity index (χ4v) is 2.45. The van der Waals surface area contributed by atoms with Crippen molar-refractivity contribution in [2.75, 3.05) is 5.32 Å². The van der Waals surface area contributed by atoms with Gasteiger partial charge < -0.3 is 10.4 Å². The lowest BCUT2D eigenvalue weighted by atomic mass is 10.0. The SMILES string of the molecule is Cc1ccc(NC(=O)C(=O)N/N=C\c2c(O)ccc3ccccc23)cc1. The molecule has 0 aliphatic rings. The van der Waals surface area contributed by atoms with Crippen LogP contribution in [0.25, 0.3) is 10.8 Å². The number of phenols is 1. The van der Waals surface area contributed by atoms with Gasteiger partial charge >= 0.3 is 11.8 Å². The molecular formula is C20H17N3O3. The Kier molecular flexibility index (Phi) is 4.94. The monoisotopic (exact) mass is 347 g/mol. The zero-order valence-corrected chi connectivity index (χ0v) is 14.1. The summed E-state index contributed by atoms with van der Waals surface area (Å²) < 4.78 is 0. The summed E-state index contributed by atoms with van der Waals surface area (Å²) in [5.74, 6) is -1.69. The van der Waals surface area contributed by atoms with Crippen LogP contribution in [0.3, 0.4) is 0 Å². The first kappa shape index (κ1) is 17.2. The topological polar surface area (TPSA) is 90.8 Å². The first-order valence-corrected chi connectivity index (χ1v) is 7.96. The van der Waals surface area contributed by atoms with Crippen molar-refractivity contribution in [1.29, 1.82) is 0 Å². The Labute approximate surface area is 150 Å². The average molecular weight is 347 g/mol. The number of hydrazone groups is 1. The predicted octanol–water partition coefficient (Wildman–Crippen LogP) is 2.94. The van der Waals surface area contributed by atoms with Crippen molar-refractivity contribution >= 4 is 34.5 Å². The molecule has 0 bridgehead atoms. The maximum absolute atomic E-state index is 11.9. The maximum Gasteiger partial charge on any atom is 0.329 e. The van der Waals surface area contributed by atoms with Gasteiger partial charge in [0.1, 0.15) is 5.75 Å². The minimum Gasteiger partial charge on any atom is -0.507 e. The van der Waals surface area contributed by atoms with Gasteiger partial charge in [0.15, 0.2) is 0 Å². The Hall–Kier alpha value is -3.67. The summed E-state index contributed by atoms with van der Waals surface area (Å²) in [6.07, 6.45) is 1.31. The van der Waals surface area contributed by atoms with Crippen LogP contribution in [0, 0.1) is 6.92 Å². The molecule has 26 heavy (non-hydrogen) atoms. The fourth-order valence-electron chi connectivity index (χ4n) is 2.45. The van der Waals surface area contributed by atoms with Gasteiger partial charge in [-0.2, -0.15) is 5.10 Å². The van der Waals surface area contributed by atoms with Crippen LogP contribution < -0.4 is 10.7 Å². The number of benzene rings is 3. The Bertz CT molecular complexity index is 995. The van der Waals surface area contributed by atoms with Crippen molar-refractivity contribution in [3.63, 3.8) is 0 Å². The smallest absolute Gasteiger partial charge is 0.329 e. The molecule has 0 radical (unpaired) electrons. The summed E-state index contributed by atoms with van der Waals surface area (Å²) in [6, 6.07) is 17.9. The second-order valence-corrected chi connectivity index (χ2v) is 5.74. The summed E-state index contributed by atoms with van der Waals surface area (Å²) in [5, 5.41) is 18.0. The summed E-state index contributed by atoms with van der Waals surface area (Å²) in [6.45, 7) is 1.93. The van der Waals surface area contributed by atoms with Crippen molar-refractivity contribution in [1.82, 2.24) is 5.43 Å². The number of aromatic hydroxyl groups is 1. The van der Waals surface area contributed by atoms with E-state index in [1.54, 1.807) is 24.3 Å². The van der Waals surface area contributed by atoms with Gasteiger partial charge in [-0.25, -0.2) is 5.43 Å². The van der Waals surface area contributed by atoms with E-state index in [1.165, 1.54) is 6.21 Å². The van der Waals surface area contributed by atoms with E-state index in [0.29, 0.717) is 11.3 Å². The van der Waals surface area contributed by atoms with Gasteiger partial charge in [0, 0.05) is 11.3 Å². The van der Waals surface area contributed by atoms with Crippen LogP contribution >= 0.6 is 0 Å². The molecule has 0 heterocycles. The van der Waals surface area contributed by atoms with Gasteiger partial charge in [-0.1, -0.05) is 48.0 Å². The van der Waals surface area contributed by atoms with Crippen molar-refractivity contribution in [3.8, 4) is 5.75 Å². The lowest BCUT2D eigenvalue weighted by molar-refractivity contribution is -0.136. The van der Waals surface area contributed by atoms with Crippen LogP contribution in [-0.2, 0) is 9.59 Å². The quantitative estimate of drug-likeness (QED) is 0.386. The molecule has 3 aromatic rings. The van der Waals surface area contributed by atoms with Crippen molar-refractivity contribution in [3.05, 3.63) is 71.8 Å². The van der Waals surface area contributed by atoms with Crippen LogP contribution in [0.4, 0.5) is 5.69 Å². The number of aryl methyl sites for hydroxylation is 1. The summed E-state index contributed by atoms with van der Waals surface area (Å²) in [5.41, 5.74) is 4.19. The van der Waals surface area contributed by atoms with Gasteiger partial charge in [-0.15, -0.1) is 0 Å². The van der Waals surface area contributed by atoms with E-state index in [0.717, 1.165) is 16.3 Å². The molecule has 0 spiro atoms. The van der Waals surface area contributed by atoms with Gasteiger partial charge in [0.2, 0.25) is 0 Å². The number of fused-ring (bicyclic) bond motifs is 1. The van der Waals surface area contributed by atoms with Crippen molar-refractivity contribution < 1.29 is 14.7 Å². The van der Waals surface area contributed by atoms with Crippen molar-refractivity contribution in [2.45, 2.75) is 6.92 Å². The number of anilines is 1. The van der Waals surface area contributed by atoms with Crippen LogP contribution in [-0.4, -0.2) is 23.1 Å². The number of hydrogen-bond donors (Lipinski definition) is 3. The molecule has 0 unspecified atom stereocenters. The minimum atomic E-state index is -0.901. The highest BCUT2D eigenvalue weighted by Gasteiger charge is 2.13. The van der Waals surface area contributed by atoms with E-state index in [1.807, 2.05) is 43.3 Å². The summed E-state index contributed by atoms with van der Waals surface area (Å²) >= 11 is 0. The molecule has 130 valence electrons. The standard InChI is InChI=1S/C20H17N3O3/c1-13-6-9-15(10-7-13)22-19(25)20(26)23-21-12-17-16-5-3-2-4-14(16)8-11-18(17)24/h2-12,24H,1H3,(H,22,25)(H,23,26)/b21-12-.